The monoisotopic (exact) mass is 304 g/mol. The fourth-order valence-electron chi connectivity index (χ4n) is 2.79. The van der Waals surface area contributed by atoms with Crippen LogP contribution in [0.1, 0.15) is 37.8 Å². The van der Waals surface area contributed by atoms with Crippen molar-refractivity contribution in [2.24, 2.45) is 0 Å². The Labute approximate surface area is 128 Å². The molecule has 0 aromatic carbocycles. The summed E-state index contributed by atoms with van der Waals surface area (Å²) < 4.78 is 10.4. The Balaban J connectivity index is 1.95. The molecule has 3 rings (SSSR count). The van der Waals surface area contributed by atoms with Crippen molar-refractivity contribution in [2.75, 3.05) is 0 Å². The van der Waals surface area contributed by atoms with Gasteiger partial charge in [-0.15, -0.1) is 0 Å². The molecular weight excluding hydrogens is 284 g/mol. The van der Waals surface area contributed by atoms with Crippen molar-refractivity contribution in [3.63, 3.8) is 0 Å². The van der Waals surface area contributed by atoms with Gasteiger partial charge in [-0.25, -0.2) is 4.68 Å². The zero-order chi connectivity index (χ0) is 15.0. The van der Waals surface area contributed by atoms with Gasteiger partial charge in [-0.3, -0.25) is 4.57 Å². The van der Waals surface area contributed by atoms with E-state index in [1.807, 2.05) is 23.7 Å². The van der Waals surface area contributed by atoms with E-state index < -0.39 is 0 Å². The molecule has 3 aromatic heterocycles. The van der Waals surface area contributed by atoms with Gasteiger partial charge in [-0.05, 0) is 51.5 Å². The molecule has 3 heterocycles. The summed E-state index contributed by atoms with van der Waals surface area (Å²) in [5, 5.41) is 4.56. The van der Waals surface area contributed by atoms with Gasteiger partial charge >= 0.3 is 0 Å². The Kier molecular flexibility index (Phi) is 3.71. The van der Waals surface area contributed by atoms with Crippen LogP contribution in [0.5, 0.6) is 0 Å². The molecule has 0 aliphatic carbocycles. The number of aromatic nitrogens is 4. The van der Waals surface area contributed by atoms with Crippen molar-refractivity contribution in [2.45, 2.75) is 46.2 Å². The summed E-state index contributed by atoms with van der Waals surface area (Å²) in [7, 11) is 0. The number of aromatic amines is 1. The maximum absolute atomic E-state index is 5.51. The van der Waals surface area contributed by atoms with E-state index in [-0.39, 0.29) is 6.04 Å². The summed E-state index contributed by atoms with van der Waals surface area (Å²) in [4.78, 5) is 3.30. The number of rotatable bonds is 5. The highest BCUT2D eigenvalue weighted by molar-refractivity contribution is 7.71. The van der Waals surface area contributed by atoms with Crippen molar-refractivity contribution in [3.8, 4) is 0 Å². The highest BCUT2D eigenvalue weighted by Gasteiger charge is 2.17. The van der Waals surface area contributed by atoms with Crippen molar-refractivity contribution in [1.29, 1.82) is 0 Å². The van der Waals surface area contributed by atoms with Gasteiger partial charge < -0.3 is 9.40 Å². The Morgan fingerprint density at radius 1 is 1.48 bits per heavy atom. The van der Waals surface area contributed by atoms with E-state index in [9.17, 15) is 0 Å². The molecule has 1 atom stereocenters. The van der Waals surface area contributed by atoms with E-state index >= 15 is 0 Å². The number of imidazole rings is 1. The third-order valence-electron chi connectivity index (χ3n) is 3.91. The van der Waals surface area contributed by atoms with Crippen LogP contribution in [0.4, 0.5) is 0 Å². The topological polar surface area (TPSA) is 51.7 Å². The van der Waals surface area contributed by atoms with Crippen LogP contribution >= 0.6 is 12.2 Å². The molecule has 1 unspecified atom stereocenters. The number of fused-ring (bicyclic) bond motifs is 1. The average Bonchev–Trinajstić information content (AvgIpc) is 3.14. The summed E-state index contributed by atoms with van der Waals surface area (Å²) in [6.45, 7) is 7.13. The Hall–Kier alpha value is -1.82. The van der Waals surface area contributed by atoms with E-state index in [1.165, 1.54) is 0 Å². The highest BCUT2D eigenvalue weighted by Crippen LogP contribution is 2.24. The average molecular weight is 304 g/mol. The van der Waals surface area contributed by atoms with Gasteiger partial charge in [0.05, 0.1) is 12.0 Å². The first-order valence-electron chi connectivity index (χ1n) is 7.31. The van der Waals surface area contributed by atoms with Crippen molar-refractivity contribution >= 4 is 23.4 Å². The molecule has 0 saturated carbocycles. The predicted molar refractivity (Wildman–Crippen MR) is 85.1 cm³/mol. The molecule has 112 valence electrons. The van der Waals surface area contributed by atoms with Crippen LogP contribution in [-0.4, -0.2) is 19.3 Å². The number of hydrogen-bond donors (Lipinski definition) is 1. The van der Waals surface area contributed by atoms with E-state index in [0.29, 0.717) is 0 Å². The van der Waals surface area contributed by atoms with Crippen LogP contribution in [0.15, 0.2) is 22.8 Å². The van der Waals surface area contributed by atoms with E-state index in [0.717, 1.165) is 46.8 Å². The zero-order valence-corrected chi connectivity index (χ0v) is 13.4. The van der Waals surface area contributed by atoms with E-state index in [4.69, 9.17) is 16.6 Å². The fourth-order valence-corrected chi connectivity index (χ4v) is 3.16. The third-order valence-corrected chi connectivity index (χ3v) is 4.21. The minimum atomic E-state index is 0.290. The van der Waals surface area contributed by atoms with Crippen LogP contribution in [0.25, 0.3) is 11.2 Å². The van der Waals surface area contributed by atoms with Gasteiger partial charge in [0.1, 0.15) is 11.3 Å². The van der Waals surface area contributed by atoms with Crippen molar-refractivity contribution in [1.82, 2.24) is 19.3 Å². The summed E-state index contributed by atoms with van der Waals surface area (Å²) in [5.41, 5.74) is 3.13. The molecule has 0 spiro atoms. The van der Waals surface area contributed by atoms with E-state index in [2.05, 4.69) is 28.5 Å². The second-order valence-corrected chi connectivity index (χ2v) is 5.75. The molecule has 0 aliphatic heterocycles. The normalized spacial score (nSPS) is 13.1. The van der Waals surface area contributed by atoms with Crippen LogP contribution in [0, 0.1) is 11.7 Å². The van der Waals surface area contributed by atoms with Gasteiger partial charge in [0.25, 0.3) is 0 Å². The lowest BCUT2D eigenvalue weighted by Gasteiger charge is -2.14. The van der Waals surface area contributed by atoms with Gasteiger partial charge in [0.15, 0.2) is 10.4 Å². The quantitative estimate of drug-likeness (QED) is 0.725. The van der Waals surface area contributed by atoms with Crippen molar-refractivity contribution in [3.05, 3.63) is 34.6 Å². The number of furan rings is 1. The van der Waals surface area contributed by atoms with Gasteiger partial charge in [0.2, 0.25) is 0 Å². The van der Waals surface area contributed by atoms with Crippen molar-refractivity contribution < 1.29 is 4.42 Å². The van der Waals surface area contributed by atoms with Crippen LogP contribution in [-0.2, 0) is 13.0 Å². The first kappa shape index (κ1) is 14.1. The van der Waals surface area contributed by atoms with E-state index in [1.54, 1.807) is 6.26 Å². The second-order valence-electron chi connectivity index (χ2n) is 5.37. The molecule has 21 heavy (non-hydrogen) atoms. The van der Waals surface area contributed by atoms with Gasteiger partial charge in [0, 0.05) is 19.0 Å². The number of nitrogens with one attached hydrogen (secondary N) is 1. The molecule has 0 fully saturated rings. The fraction of sp³-hybridized carbons (Fsp3) is 0.467. The lowest BCUT2D eigenvalue weighted by molar-refractivity contribution is 0.450. The smallest absolute Gasteiger partial charge is 0.179 e. The third kappa shape index (κ3) is 2.44. The lowest BCUT2D eigenvalue weighted by Crippen LogP contribution is -2.10. The Morgan fingerprint density at radius 3 is 2.95 bits per heavy atom. The first-order chi connectivity index (χ1) is 10.1. The molecule has 3 aromatic rings. The number of hydrogen-bond acceptors (Lipinski definition) is 3. The minimum Gasteiger partial charge on any atom is -0.469 e. The first-order valence-corrected chi connectivity index (χ1v) is 7.72. The molecule has 0 radical (unpaired) electrons. The minimum absolute atomic E-state index is 0.290. The molecule has 5 nitrogen and oxygen atoms in total. The molecule has 0 aliphatic rings. The predicted octanol–water partition coefficient (Wildman–Crippen LogP) is 4.01. The van der Waals surface area contributed by atoms with Crippen LogP contribution < -0.4 is 0 Å². The molecule has 0 bridgehead atoms. The summed E-state index contributed by atoms with van der Waals surface area (Å²) >= 11 is 5.51. The van der Waals surface area contributed by atoms with Gasteiger partial charge in [-0.1, -0.05) is 0 Å². The van der Waals surface area contributed by atoms with Crippen LogP contribution in [0.2, 0.25) is 0 Å². The maximum atomic E-state index is 5.51. The highest BCUT2D eigenvalue weighted by atomic mass is 32.1. The largest absolute Gasteiger partial charge is 0.469 e. The SMILES string of the molecule is CCn1nc(C)c2[nH]c(=S)n(C(C)CCc3ccco3)c21. The number of aryl methyl sites for hydroxylation is 3. The molecule has 1 N–H and O–H groups in total. The summed E-state index contributed by atoms with van der Waals surface area (Å²) in [6.07, 6.45) is 3.60. The van der Waals surface area contributed by atoms with Crippen LogP contribution in [0.3, 0.4) is 0 Å². The molecule has 6 heteroatoms. The lowest BCUT2D eigenvalue weighted by atomic mass is 10.1. The van der Waals surface area contributed by atoms with Gasteiger partial charge in [-0.2, -0.15) is 5.10 Å². The maximum Gasteiger partial charge on any atom is 0.179 e. The summed E-state index contributed by atoms with van der Waals surface area (Å²) in [6, 6.07) is 4.23. The zero-order valence-electron chi connectivity index (χ0n) is 12.6. The number of H-pyrrole nitrogens is 1. The molecule has 0 amide bonds. The number of nitrogens with zero attached hydrogens (tertiary/aromatic N) is 3. The second kappa shape index (κ2) is 5.52. The Morgan fingerprint density at radius 2 is 2.29 bits per heavy atom. The Bertz CT molecular complexity index is 794. The standard InChI is InChI=1S/C15H20N4OS/c1-4-18-14-13(11(3)17-18)16-15(21)19(14)10(2)7-8-12-6-5-9-20-12/h5-6,9-10H,4,7-8H2,1-3H3,(H,16,21). The molecular formula is C15H20N4OS. The molecule has 0 saturated heterocycles. The summed E-state index contributed by atoms with van der Waals surface area (Å²) in [5.74, 6) is 1.01.